The molecule has 3 rings (SSSR count). The molecule has 0 atom stereocenters. The van der Waals surface area contributed by atoms with E-state index in [4.69, 9.17) is 16.1 Å². The molecule has 0 fully saturated rings. The van der Waals surface area contributed by atoms with Gasteiger partial charge in [0.2, 0.25) is 11.7 Å². The zero-order valence-corrected chi connectivity index (χ0v) is 13.0. The van der Waals surface area contributed by atoms with Crippen LogP contribution in [0.3, 0.4) is 0 Å². The lowest BCUT2D eigenvalue weighted by molar-refractivity contribution is 0.0953. The van der Waals surface area contributed by atoms with Crippen molar-refractivity contribution in [1.29, 1.82) is 0 Å². The Labute approximate surface area is 138 Å². The Hall–Kier alpha value is -2.66. The molecule has 1 amide bonds. The van der Waals surface area contributed by atoms with Crippen LogP contribution in [-0.4, -0.2) is 22.6 Å². The molecule has 5 nitrogen and oxygen atoms in total. The molecule has 0 radical (unpaired) electrons. The maximum Gasteiger partial charge on any atom is 0.251 e. The SMILES string of the molecule is O=C(NCCc1nc(-c2cccc(Cl)c2)no1)c1ccccc1. The highest BCUT2D eigenvalue weighted by Gasteiger charge is 2.10. The van der Waals surface area contributed by atoms with Crippen LogP contribution in [0.4, 0.5) is 0 Å². The number of halogens is 1. The number of benzene rings is 2. The topological polar surface area (TPSA) is 68.0 Å². The number of carbonyl (C=O) groups excluding carboxylic acids is 1. The van der Waals surface area contributed by atoms with Gasteiger partial charge in [0.15, 0.2) is 0 Å². The summed E-state index contributed by atoms with van der Waals surface area (Å²) in [5.41, 5.74) is 1.42. The highest BCUT2D eigenvalue weighted by molar-refractivity contribution is 6.30. The quantitative estimate of drug-likeness (QED) is 0.780. The molecule has 0 aliphatic heterocycles. The van der Waals surface area contributed by atoms with Crippen molar-refractivity contribution in [2.24, 2.45) is 0 Å². The van der Waals surface area contributed by atoms with Gasteiger partial charge in [0.25, 0.3) is 5.91 Å². The Morgan fingerprint density at radius 3 is 2.74 bits per heavy atom. The Morgan fingerprint density at radius 2 is 1.96 bits per heavy atom. The average molecular weight is 328 g/mol. The van der Waals surface area contributed by atoms with Gasteiger partial charge in [-0.3, -0.25) is 4.79 Å². The van der Waals surface area contributed by atoms with Crippen LogP contribution < -0.4 is 5.32 Å². The summed E-state index contributed by atoms with van der Waals surface area (Å²) in [5.74, 6) is 0.824. The van der Waals surface area contributed by atoms with Crippen LogP contribution in [0.2, 0.25) is 5.02 Å². The zero-order valence-electron chi connectivity index (χ0n) is 12.2. The highest BCUT2D eigenvalue weighted by Crippen LogP contribution is 2.19. The lowest BCUT2D eigenvalue weighted by Crippen LogP contribution is -2.25. The summed E-state index contributed by atoms with van der Waals surface area (Å²) in [6.45, 7) is 0.422. The highest BCUT2D eigenvalue weighted by atomic mass is 35.5. The molecule has 23 heavy (non-hydrogen) atoms. The molecule has 0 aliphatic carbocycles. The van der Waals surface area contributed by atoms with E-state index in [1.54, 1.807) is 24.3 Å². The molecular weight excluding hydrogens is 314 g/mol. The molecule has 6 heteroatoms. The molecule has 0 aliphatic rings. The molecule has 1 heterocycles. The van der Waals surface area contributed by atoms with Crippen molar-refractivity contribution in [1.82, 2.24) is 15.5 Å². The number of rotatable bonds is 5. The molecule has 116 valence electrons. The van der Waals surface area contributed by atoms with E-state index in [0.717, 1.165) is 5.56 Å². The summed E-state index contributed by atoms with van der Waals surface area (Å²) in [5, 5.41) is 7.36. The van der Waals surface area contributed by atoms with E-state index in [1.165, 1.54) is 0 Å². The Bertz CT molecular complexity index is 802. The fourth-order valence-electron chi connectivity index (χ4n) is 2.08. The van der Waals surface area contributed by atoms with Gasteiger partial charge in [-0.15, -0.1) is 0 Å². The van der Waals surface area contributed by atoms with E-state index in [-0.39, 0.29) is 5.91 Å². The van der Waals surface area contributed by atoms with Crippen molar-refractivity contribution < 1.29 is 9.32 Å². The normalized spacial score (nSPS) is 10.5. The number of amides is 1. The lowest BCUT2D eigenvalue weighted by Gasteiger charge is -2.02. The van der Waals surface area contributed by atoms with Crippen LogP contribution in [0.5, 0.6) is 0 Å². The van der Waals surface area contributed by atoms with Crippen molar-refractivity contribution >= 4 is 17.5 Å². The molecule has 0 unspecified atom stereocenters. The van der Waals surface area contributed by atoms with E-state index in [0.29, 0.717) is 35.3 Å². The van der Waals surface area contributed by atoms with E-state index < -0.39 is 0 Å². The molecule has 3 aromatic rings. The predicted octanol–water partition coefficient (Wildman–Crippen LogP) is 3.36. The summed E-state index contributed by atoms with van der Waals surface area (Å²) in [6.07, 6.45) is 0.464. The molecule has 0 saturated carbocycles. The van der Waals surface area contributed by atoms with Crippen molar-refractivity contribution in [3.05, 3.63) is 71.1 Å². The maximum atomic E-state index is 11.9. The van der Waals surface area contributed by atoms with E-state index in [1.807, 2.05) is 30.3 Å². The van der Waals surface area contributed by atoms with Crippen molar-refractivity contribution in [2.75, 3.05) is 6.54 Å². The van der Waals surface area contributed by atoms with E-state index in [2.05, 4.69) is 15.5 Å². The molecule has 1 N–H and O–H groups in total. The fraction of sp³-hybridized carbons (Fsp3) is 0.118. The summed E-state index contributed by atoms with van der Waals surface area (Å²) < 4.78 is 5.19. The summed E-state index contributed by atoms with van der Waals surface area (Å²) in [6, 6.07) is 16.3. The van der Waals surface area contributed by atoms with Gasteiger partial charge in [-0.1, -0.05) is 47.1 Å². The van der Waals surface area contributed by atoms with Gasteiger partial charge >= 0.3 is 0 Å². The summed E-state index contributed by atoms with van der Waals surface area (Å²) in [7, 11) is 0. The number of nitrogens with one attached hydrogen (secondary N) is 1. The third-order valence-electron chi connectivity index (χ3n) is 3.21. The van der Waals surface area contributed by atoms with Gasteiger partial charge in [-0.25, -0.2) is 0 Å². The first kappa shape index (κ1) is 15.2. The standard InChI is InChI=1S/C17H14ClN3O2/c18-14-8-4-7-13(11-14)16-20-15(23-21-16)9-10-19-17(22)12-5-2-1-3-6-12/h1-8,11H,9-10H2,(H,19,22). The largest absolute Gasteiger partial charge is 0.352 e. The summed E-state index contributed by atoms with van der Waals surface area (Å²) in [4.78, 5) is 16.2. The minimum atomic E-state index is -0.125. The van der Waals surface area contributed by atoms with Crippen molar-refractivity contribution in [2.45, 2.75) is 6.42 Å². The van der Waals surface area contributed by atoms with Crippen LogP contribution in [0.25, 0.3) is 11.4 Å². The first-order valence-electron chi connectivity index (χ1n) is 7.14. The zero-order chi connectivity index (χ0) is 16.1. The van der Waals surface area contributed by atoms with Gasteiger partial charge in [-0.2, -0.15) is 4.98 Å². The third-order valence-corrected chi connectivity index (χ3v) is 3.45. The Morgan fingerprint density at radius 1 is 1.13 bits per heavy atom. The fourth-order valence-corrected chi connectivity index (χ4v) is 2.27. The van der Waals surface area contributed by atoms with Gasteiger partial charge in [-0.05, 0) is 24.3 Å². The van der Waals surface area contributed by atoms with E-state index in [9.17, 15) is 4.79 Å². The van der Waals surface area contributed by atoms with Crippen LogP contribution in [0, 0.1) is 0 Å². The first-order chi connectivity index (χ1) is 11.2. The monoisotopic (exact) mass is 327 g/mol. The molecule has 0 saturated heterocycles. The minimum absolute atomic E-state index is 0.125. The minimum Gasteiger partial charge on any atom is -0.352 e. The smallest absolute Gasteiger partial charge is 0.251 e. The molecule has 1 aromatic heterocycles. The van der Waals surface area contributed by atoms with Crippen LogP contribution in [0.15, 0.2) is 59.1 Å². The van der Waals surface area contributed by atoms with Gasteiger partial charge in [0.05, 0.1) is 0 Å². The molecule has 0 spiro atoms. The molecular formula is C17H14ClN3O2. The maximum absolute atomic E-state index is 11.9. The van der Waals surface area contributed by atoms with Gasteiger partial charge < -0.3 is 9.84 Å². The number of hydrogen-bond donors (Lipinski definition) is 1. The van der Waals surface area contributed by atoms with Crippen LogP contribution in [-0.2, 0) is 6.42 Å². The van der Waals surface area contributed by atoms with Gasteiger partial charge in [0, 0.05) is 29.1 Å². The first-order valence-corrected chi connectivity index (χ1v) is 7.52. The second kappa shape index (κ2) is 7.07. The summed E-state index contributed by atoms with van der Waals surface area (Å²) >= 11 is 5.94. The Balaban J connectivity index is 1.57. The number of aromatic nitrogens is 2. The van der Waals surface area contributed by atoms with Crippen molar-refractivity contribution in [3.8, 4) is 11.4 Å². The lowest BCUT2D eigenvalue weighted by atomic mass is 10.2. The van der Waals surface area contributed by atoms with Crippen LogP contribution >= 0.6 is 11.6 Å². The number of carbonyl (C=O) groups is 1. The second-order valence-corrected chi connectivity index (χ2v) is 5.33. The second-order valence-electron chi connectivity index (χ2n) is 4.89. The average Bonchev–Trinajstić information content (AvgIpc) is 3.04. The van der Waals surface area contributed by atoms with Gasteiger partial charge in [0.1, 0.15) is 0 Å². The van der Waals surface area contributed by atoms with Crippen LogP contribution in [0.1, 0.15) is 16.2 Å². The van der Waals surface area contributed by atoms with Crippen molar-refractivity contribution in [3.63, 3.8) is 0 Å². The molecule has 0 bridgehead atoms. The predicted molar refractivity (Wildman–Crippen MR) is 87.2 cm³/mol. The Kier molecular flexibility index (Phi) is 4.68. The number of hydrogen-bond acceptors (Lipinski definition) is 4. The molecule has 2 aromatic carbocycles. The van der Waals surface area contributed by atoms with E-state index >= 15 is 0 Å². The number of nitrogens with zero attached hydrogens (tertiary/aromatic N) is 2. The third kappa shape index (κ3) is 3.96.